The molecule has 5 nitrogen and oxygen atoms in total. The van der Waals surface area contributed by atoms with Crippen LogP contribution in [0.25, 0.3) is 11.1 Å². The van der Waals surface area contributed by atoms with E-state index in [1.165, 1.54) is 35.2 Å². The molecule has 2 aromatic carbocycles. The fourth-order valence-corrected chi connectivity index (χ4v) is 4.78. The van der Waals surface area contributed by atoms with Crippen LogP contribution in [0.15, 0.2) is 58.3 Å². The topological polar surface area (TPSA) is 68.7 Å². The molecule has 0 amide bonds. The van der Waals surface area contributed by atoms with Gasteiger partial charge in [0.25, 0.3) is 0 Å². The van der Waals surface area contributed by atoms with Gasteiger partial charge < -0.3 is 14.6 Å². The second-order valence-electron chi connectivity index (χ2n) is 7.02. The molecular formula is C22H22FNO4S2. The van der Waals surface area contributed by atoms with E-state index >= 15 is 0 Å². The first-order valence-electron chi connectivity index (χ1n) is 9.18. The normalized spacial score (nSPS) is 12.5. The second-order valence-corrected chi connectivity index (χ2v) is 9.75. The summed E-state index contributed by atoms with van der Waals surface area (Å²) >= 11 is 2.59. The minimum Gasteiger partial charge on any atom is -0.490 e. The number of thioether (sulfide) groups is 1. The van der Waals surface area contributed by atoms with E-state index in [1.54, 1.807) is 33.1 Å². The zero-order chi connectivity index (χ0) is 21.7. The van der Waals surface area contributed by atoms with Crippen LogP contribution >= 0.6 is 23.1 Å². The van der Waals surface area contributed by atoms with Crippen LogP contribution in [-0.4, -0.2) is 34.5 Å². The molecule has 0 saturated carbocycles. The Labute approximate surface area is 182 Å². The summed E-state index contributed by atoms with van der Waals surface area (Å²) in [7, 11) is 1.58. The minimum atomic E-state index is -0.958. The number of hydrogen-bond donors (Lipinski definition) is 1. The quantitative estimate of drug-likeness (QED) is 0.426. The molecule has 1 unspecified atom stereocenters. The fourth-order valence-electron chi connectivity index (χ4n) is 2.56. The standard InChI is InChI=1S/C22H22FNO4S2/c1-22(2,20(25)26)30-21-24-18(13-29-21)19(27-3)12-28-17-10-6-15(7-11-17)14-4-8-16(23)9-5-14/h4-11,13,19H,12H2,1-3H3,(H,25,26). The minimum absolute atomic E-state index is 0.264. The summed E-state index contributed by atoms with van der Waals surface area (Å²) < 4.78 is 24.1. The van der Waals surface area contributed by atoms with Gasteiger partial charge in [0.2, 0.25) is 0 Å². The molecule has 0 aliphatic heterocycles. The molecule has 1 atom stereocenters. The van der Waals surface area contributed by atoms with Crippen molar-refractivity contribution >= 4 is 29.1 Å². The zero-order valence-corrected chi connectivity index (χ0v) is 18.4. The molecule has 0 aliphatic carbocycles. The fraction of sp³-hybridized carbons (Fsp3) is 0.273. The SMILES string of the molecule is COC(COc1ccc(-c2ccc(F)cc2)cc1)c1csc(SC(C)(C)C(=O)O)n1. The maximum Gasteiger partial charge on any atom is 0.319 e. The molecule has 0 spiro atoms. The summed E-state index contributed by atoms with van der Waals surface area (Å²) in [6, 6.07) is 13.9. The summed E-state index contributed by atoms with van der Waals surface area (Å²) in [5.41, 5.74) is 2.59. The van der Waals surface area contributed by atoms with E-state index in [9.17, 15) is 14.3 Å². The average Bonchev–Trinajstić information content (AvgIpc) is 3.17. The number of halogens is 1. The predicted octanol–water partition coefficient (Wildman–Crippen LogP) is 5.67. The highest BCUT2D eigenvalue weighted by atomic mass is 32.2. The molecule has 0 radical (unpaired) electrons. The molecule has 1 aromatic heterocycles. The number of nitrogens with zero attached hydrogens (tertiary/aromatic N) is 1. The molecular weight excluding hydrogens is 425 g/mol. The lowest BCUT2D eigenvalue weighted by Crippen LogP contribution is -2.26. The van der Waals surface area contributed by atoms with Gasteiger partial charge in [-0.15, -0.1) is 11.3 Å². The van der Waals surface area contributed by atoms with Gasteiger partial charge in [-0.2, -0.15) is 0 Å². The van der Waals surface area contributed by atoms with Crippen molar-refractivity contribution < 1.29 is 23.8 Å². The second kappa shape index (κ2) is 9.59. The van der Waals surface area contributed by atoms with Crippen molar-refractivity contribution in [1.82, 2.24) is 4.98 Å². The third-order valence-electron chi connectivity index (χ3n) is 4.41. The first kappa shape index (κ1) is 22.3. The number of carboxylic acid groups (broad SMARTS) is 1. The number of aromatic nitrogens is 1. The van der Waals surface area contributed by atoms with Crippen molar-refractivity contribution in [3.8, 4) is 16.9 Å². The third-order valence-corrected chi connectivity index (χ3v) is 6.55. The number of aliphatic carboxylic acids is 1. The molecule has 158 valence electrons. The van der Waals surface area contributed by atoms with Gasteiger partial charge in [-0.05, 0) is 49.2 Å². The Bertz CT molecular complexity index is 987. The Morgan fingerprint density at radius 3 is 2.33 bits per heavy atom. The van der Waals surface area contributed by atoms with Crippen molar-refractivity contribution in [2.24, 2.45) is 0 Å². The lowest BCUT2D eigenvalue weighted by atomic mass is 10.1. The summed E-state index contributed by atoms with van der Waals surface area (Å²) in [5.74, 6) is -0.473. The zero-order valence-electron chi connectivity index (χ0n) is 16.8. The van der Waals surface area contributed by atoms with Gasteiger partial charge >= 0.3 is 5.97 Å². The Morgan fingerprint density at radius 1 is 1.17 bits per heavy atom. The Morgan fingerprint density at radius 2 is 1.77 bits per heavy atom. The van der Waals surface area contributed by atoms with Crippen LogP contribution in [0.3, 0.4) is 0 Å². The van der Waals surface area contributed by atoms with Gasteiger partial charge in [-0.1, -0.05) is 36.0 Å². The van der Waals surface area contributed by atoms with Crippen LogP contribution in [0.5, 0.6) is 5.75 Å². The van der Waals surface area contributed by atoms with E-state index in [4.69, 9.17) is 9.47 Å². The van der Waals surface area contributed by atoms with Crippen LogP contribution in [0.2, 0.25) is 0 Å². The Hall–Kier alpha value is -2.42. The van der Waals surface area contributed by atoms with Gasteiger partial charge in [-0.25, -0.2) is 9.37 Å². The number of carboxylic acids is 1. The highest BCUT2D eigenvalue weighted by Gasteiger charge is 2.30. The lowest BCUT2D eigenvalue weighted by molar-refractivity contribution is -0.138. The first-order valence-corrected chi connectivity index (χ1v) is 10.9. The summed E-state index contributed by atoms with van der Waals surface area (Å²) in [5, 5.41) is 11.1. The van der Waals surface area contributed by atoms with Crippen molar-refractivity contribution in [3.05, 3.63) is 65.4 Å². The van der Waals surface area contributed by atoms with Gasteiger partial charge in [0.05, 0.1) is 5.69 Å². The number of rotatable bonds is 9. The molecule has 3 aromatic rings. The van der Waals surface area contributed by atoms with E-state index < -0.39 is 10.7 Å². The highest BCUT2D eigenvalue weighted by Crippen LogP contribution is 2.36. The van der Waals surface area contributed by atoms with Crippen LogP contribution in [0, 0.1) is 5.82 Å². The van der Waals surface area contributed by atoms with Crippen LogP contribution in [-0.2, 0) is 9.53 Å². The summed E-state index contributed by atoms with van der Waals surface area (Å²) in [4.78, 5) is 15.8. The van der Waals surface area contributed by atoms with Gasteiger partial charge in [0.1, 0.15) is 29.0 Å². The Balaban J connectivity index is 1.61. The summed E-state index contributed by atoms with van der Waals surface area (Å²) in [6.07, 6.45) is -0.375. The highest BCUT2D eigenvalue weighted by molar-refractivity contribution is 8.02. The van der Waals surface area contributed by atoms with Gasteiger partial charge in [0, 0.05) is 12.5 Å². The van der Waals surface area contributed by atoms with Crippen molar-refractivity contribution in [1.29, 1.82) is 0 Å². The summed E-state index contributed by atoms with van der Waals surface area (Å²) in [6.45, 7) is 3.56. The number of thiazole rings is 1. The van der Waals surface area contributed by atoms with Gasteiger partial charge in [-0.3, -0.25) is 4.79 Å². The molecule has 0 bridgehead atoms. The molecule has 30 heavy (non-hydrogen) atoms. The molecule has 8 heteroatoms. The van der Waals surface area contributed by atoms with Crippen LogP contribution < -0.4 is 4.74 Å². The van der Waals surface area contributed by atoms with Crippen molar-refractivity contribution in [2.75, 3.05) is 13.7 Å². The van der Waals surface area contributed by atoms with Crippen molar-refractivity contribution in [2.45, 2.75) is 29.0 Å². The average molecular weight is 448 g/mol. The monoisotopic (exact) mass is 447 g/mol. The lowest BCUT2D eigenvalue weighted by Gasteiger charge is -2.16. The maximum absolute atomic E-state index is 13.1. The van der Waals surface area contributed by atoms with E-state index in [2.05, 4.69) is 4.98 Å². The number of ether oxygens (including phenoxy) is 2. The van der Waals surface area contributed by atoms with E-state index in [1.807, 2.05) is 29.6 Å². The van der Waals surface area contributed by atoms with Gasteiger partial charge in [0.15, 0.2) is 4.34 Å². The first-order chi connectivity index (χ1) is 14.3. The third kappa shape index (κ3) is 5.59. The van der Waals surface area contributed by atoms with Crippen molar-refractivity contribution in [3.63, 3.8) is 0 Å². The Kier molecular flexibility index (Phi) is 7.12. The molecule has 1 N–H and O–H groups in total. The van der Waals surface area contributed by atoms with E-state index in [0.29, 0.717) is 15.8 Å². The number of carbonyl (C=O) groups is 1. The smallest absolute Gasteiger partial charge is 0.319 e. The van der Waals surface area contributed by atoms with Crippen LogP contribution in [0.4, 0.5) is 4.39 Å². The predicted molar refractivity (Wildman–Crippen MR) is 117 cm³/mol. The maximum atomic E-state index is 13.1. The largest absolute Gasteiger partial charge is 0.490 e. The number of hydrogen-bond acceptors (Lipinski definition) is 6. The number of methoxy groups -OCH3 is 1. The van der Waals surface area contributed by atoms with Crippen LogP contribution in [0.1, 0.15) is 25.6 Å². The molecule has 0 saturated heterocycles. The van der Waals surface area contributed by atoms with E-state index in [-0.39, 0.29) is 18.5 Å². The molecule has 0 fully saturated rings. The molecule has 0 aliphatic rings. The van der Waals surface area contributed by atoms with E-state index in [0.717, 1.165) is 11.1 Å². The molecule has 3 rings (SSSR count). The molecule has 1 heterocycles. The number of benzene rings is 2.